The first-order valence-corrected chi connectivity index (χ1v) is 10.9. The minimum atomic E-state index is 0.0704. The Kier molecular flexibility index (Phi) is 5.08. The minimum absolute atomic E-state index is 0.0704. The maximum Gasteiger partial charge on any atom is 0.159 e. The van der Waals surface area contributed by atoms with Crippen molar-refractivity contribution in [3.63, 3.8) is 0 Å². The van der Waals surface area contributed by atoms with Crippen molar-refractivity contribution < 1.29 is 4.79 Å². The number of ketones is 1. The average molecular weight is 421 g/mol. The molecule has 1 N–H and O–H groups in total. The second kappa shape index (κ2) is 8.07. The van der Waals surface area contributed by atoms with Gasteiger partial charge in [-0.25, -0.2) is 4.98 Å². The molecule has 158 valence electrons. The van der Waals surface area contributed by atoms with Crippen molar-refractivity contribution in [2.75, 3.05) is 7.05 Å². The number of rotatable bonds is 5. The fraction of sp³-hybridized carbons (Fsp3) is 0.222. The van der Waals surface area contributed by atoms with Gasteiger partial charge in [-0.1, -0.05) is 48.5 Å². The highest BCUT2D eigenvalue weighted by molar-refractivity contribution is 5.94. The molecule has 4 aromatic rings. The van der Waals surface area contributed by atoms with E-state index in [1.807, 2.05) is 49.6 Å². The van der Waals surface area contributed by atoms with E-state index in [4.69, 9.17) is 4.98 Å². The number of nitriles is 1. The molecule has 2 aromatic carbocycles. The van der Waals surface area contributed by atoms with Gasteiger partial charge in [-0.3, -0.25) is 4.79 Å². The number of fused-ring (bicyclic) bond motifs is 1. The molecule has 1 aliphatic carbocycles. The molecule has 0 saturated heterocycles. The molecule has 5 rings (SSSR count). The molecule has 1 fully saturated rings. The maximum absolute atomic E-state index is 11.5. The van der Waals surface area contributed by atoms with Gasteiger partial charge in [-0.15, -0.1) is 0 Å². The van der Waals surface area contributed by atoms with E-state index >= 15 is 0 Å². The predicted octanol–water partition coefficient (Wildman–Crippen LogP) is 5.37. The Balaban J connectivity index is 1.47. The molecule has 1 saturated carbocycles. The van der Waals surface area contributed by atoms with Crippen LogP contribution in [0.15, 0.2) is 66.9 Å². The summed E-state index contributed by atoms with van der Waals surface area (Å²) < 4.78 is 2.18. The fourth-order valence-electron chi connectivity index (χ4n) is 4.43. The van der Waals surface area contributed by atoms with Crippen LogP contribution >= 0.6 is 0 Å². The Morgan fingerprint density at radius 1 is 1.00 bits per heavy atom. The Bertz CT molecular complexity index is 1340. The summed E-state index contributed by atoms with van der Waals surface area (Å²) >= 11 is 0. The number of nitrogens with one attached hydrogen (secondary N) is 1. The molecule has 0 aliphatic heterocycles. The number of Topliss-reactive ketones (excluding diaryl/α,β-unsaturated/α-hetero) is 1. The highest BCUT2D eigenvalue weighted by Gasteiger charge is 2.31. The van der Waals surface area contributed by atoms with Gasteiger partial charge in [-0.2, -0.15) is 5.26 Å². The van der Waals surface area contributed by atoms with Crippen molar-refractivity contribution in [2.24, 2.45) is 0 Å². The standard InChI is InChI=1S/C27H24N4O/c1-17(32)18-3-5-19(6-4-18)20-7-9-21(10-8-20)26-12-11-25-22(15-28)16-31(27(25)30-26)24-13-23(14-24)29-2/h3-12,16,23-24,29H,13-14H2,1-2H3. The lowest BCUT2D eigenvalue weighted by molar-refractivity contribution is 0.101. The van der Waals surface area contributed by atoms with Crippen LogP contribution in [0.4, 0.5) is 0 Å². The van der Waals surface area contributed by atoms with E-state index in [-0.39, 0.29) is 5.78 Å². The Morgan fingerprint density at radius 2 is 1.62 bits per heavy atom. The third-order valence-electron chi connectivity index (χ3n) is 6.52. The highest BCUT2D eigenvalue weighted by Crippen LogP contribution is 2.36. The first-order valence-electron chi connectivity index (χ1n) is 10.9. The second-order valence-electron chi connectivity index (χ2n) is 8.45. The van der Waals surface area contributed by atoms with Crippen LogP contribution in [0.3, 0.4) is 0 Å². The van der Waals surface area contributed by atoms with Gasteiger partial charge in [0.1, 0.15) is 11.7 Å². The van der Waals surface area contributed by atoms with E-state index in [0.717, 1.165) is 51.8 Å². The number of carbonyl (C=O) groups is 1. The molecule has 0 unspecified atom stereocenters. The monoisotopic (exact) mass is 420 g/mol. The molecule has 0 radical (unpaired) electrons. The molecule has 0 spiro atoms. The zero-order chi connectivity index (χ0) is 22.2. The van der Waals surface area contributed by atoms with Crippen molar-refractivity contribution in [1.82, 2.24) is 14.9 Å². The number of nitrogens with zero attached hydrogens (tertiary/aromatic N) is 3. The quantitative estimate of drug-likeness (QED) is 0.441. The van der Waals surface area contributed by atoms with Gasteiger partial charge < -0.3 is 9.88 Å². The fourth-order valence-corrected chi connectivity index (χ4v) is 4.43. The molecule has 0 bridgehead atoms. The lowest BCUT2D eigenvalue weighted by Gasteiger charge is -2.36. The van der Waals surface area contributed by atoms with Crippen LogP contribution in [0.1, 0.15) is 41.7 Å². The zero-order valence-corrected chi connectivity index (χ0v) is 18.2. The Labute approximate surface area is 187 Å². The van der Waals surface area contributed by atoms with Crippen molar-refractivity contribution in [3.8, 4) is 28.5 Å². The van der Waals surface area contributed by atoms with E-state index in [9.17, 15) is 10.1 Å². The zero-order valence-electron chi connectivity index (χ0n) is 18.2. The summed E-state index contributed by atoms with van der Waals surface area (Å²) in [6.45, 7) is 1.58. The molecule has 0 amide bonds. The number of hydrogen-bond donors (Lipinski definition) is 1. The summed E-state index contributed by atoms with van der Waals surface area (Å²) in [6, 6.07) is 23.2. The highest BCUT2D eigenvalue weighted by atomic mass is 16.1. The van der Waals surface area contributed by atoms with Crippen LogP contribution in [0.5, 0.6) is 0 Å². The van der Waals surface area contributed by atoms with Gasteiger partial charge in [0.15, 0.2) is 5.78 Å². The number of benzene rings is 2. The molecule has 2 heterocycles. The van der Waals surface area contributed by atoms with Crippen LogP contribution in [0.25, 0.3) is 33.4 Å². The molecule has 32 heavy (non-hydrogen) atoms. The average Bonchev–Trinajstić information content (AvgIpc) is 3.16. The van der Waals surface area contributed by atoms with Crippen LogP contribution in [-0.2, 0) is 0 Å². The first-order chi connectivity index (χ1) is 15.6. The van der Waals surface area contributed by atoms with Crippen LogP contribution in [0.2, 0.25) is 0 Å². The third kappa shape index (κ3) is 3.49. The van der Waals surface area contributed by atoms with Gasteiger partial charge >= 0.3 is 0 Å². The molecule has 5 heteroatoms. The Hall–Kier alpha value is -3.75. The summed E-state index contributed by atoms with van der Waals surface area (Å²) in [5.74, 6) is 0.0704. The molecular weight excluding hydrogens is 396 g/mol. The maximum atomic E-state index is 11.5. The normalized spacial score (nSPS) is 17.7. The van der Waals surface area contributed by atoms with Gasteiger partial charge in [0.25, 0.3) is 0 Å². The second-order valence-corrected chi connectivity index (χ2v) is 8.45. The summed E-state index contributed by atoms with van der Waals surface area (Å²) in [4.78, 5) is 16.5. The number of hydrogen-bond acceptors (Lipinski definition) is 4. The number of carbonyl (C=O) groups excluding carboxylic acids is 1. The topological polar surface area (TPSA) is 70.7 Å². The van der Waals surface area contributed by atoms with Crippen LogP contribution in [0, 0.1) is 11.3 Å². The SMILES string of the molecule is CNC1CC(n2cc(C#N)c3ccc(-c4ccc(-c5ccc(C(C)=O)cc5)cc4)nc32)C1. The van der Waals surface area contributed by atoms with E-state index in [1.54, 1.807) is 6.92 Å². The largest absolute Gasteiger partial charge is 0.328 e. The first kappa shape index (κ1) is 20.2. The van der Waals surface area contributed by atoms with Crippen molar-refractivity contribution in [3.05, 3.63) is 78.0 Å². The van der Waals surface area contributed by atoms with Crippen molar-refractivity contribution in [2.45, 2.75) is 31.8 Å². The summed E-state index contributed by atoms with van der Waals surface area (Å²) in [5, 5.41) is 13.8. The molecule has 2 aromatic heterocycles. The lowest BCUT2D eigenvalue weighted by Crippen LogP contribution is -2.40. The smallest absolute Gasteiger partial charge is 0.159 e. The van der Waals surface area contributed by atoms with Crippen molar-refractivity contribution in [1.29, 1.82) is 5.26 Å². The summed E-state index contributed by atoms with van der Waals surface area (Å²) in [6.07, 6.45) is 4.05. The van der Waals surface area contributed by atoms with Gasteiger partial charge in [0.2, 0.25) is 0 Å². The van der Waals surface area contributed by atoms with Gasteiger partial charge in [0.05, 0.1) is 11.3 Å². The minimum Gasteiger partial charge on any atom is -0.328 e. The molecular formula is C27H24N4O. The van der Waals surface area contributed by atoms with Crippen LogP contribution in [-0.4, -0.2) is 28.4 Å². The molecule has 5 nitrogen and oxygen atoms in total. The molecule has 0 atom stereocenters. The summed E-state index contributed by atoms with van der Waals surface area (Å²) in [5.41, 5.74) is 6.36. The van der Waals surface area contributed by atoms with E-state index in [1.165, 1.54) is 0 Å². The molecule has 1 aliphatic rings. The predicted molar refractivity (Wildman–Crippen MR) is 126 cm³/mol. The van der Waals surface area contributed by atoms with E-state index in [2.05, 4.69) is 40.2 Å². The van der Waals surface area contributed by atoms with Crippen LogP contribution < -0.4 is 5.32 Å². The Morgan fingerprint density at radius 3 is 2.22 bits per heavy atom. The van der Waals surface area contributed by atoms with Gasteiger partial charge in [0, 0.05) is 34.8 Å². The lowest BCUT2D eigenvalue weighted by atomic mass is 9.87. The van der Waals surface area contributed by atoms with E-state index < -0.39 is 0 Å². The van der Waals surface area contributed by atoms with E-state index in [0.29, 0.717) is 17.6 Å². The van der Waals surface area contributed by atoms with Gasteiger partial charge in [-0.05, 0) is 50.1 Å². The third-order valence-corrected chi connectivity index (χ3v) is 6.52. The van der Waals surface area contributed by atoms with Crippen molar-refractivity contribution >= 4 is 16.8 Å². The number of pyridine rings is 1. The number of aromatic nitrogens is 2. The summed E-state index contributed by atoms with van der Waals surface area (Å²) in [7, 11) is 1.99.